The van der Waals surface area contributed by atoms with Gasteiger partial charge in [-0.05, 0) is 35.7 Å². The maximum Gasteiger partial charge on any atom is 0.224 e. The molecule has 0 atom stereocenters. The average Bonchev–Trinajstić information content (AvgIpc) is 2.73. The normalized spacial score (nSPS) is 17.8. The predicted molar refractivity (Wildman–Crippen MR) is 110 cm³/mol. The minimum Gasteiger partial charge on any atom is -0.326 e. The van der Waals surface area contributed by atoms with Gasteiger partial charge in [0, 0.05) is 63.4 Å². The van der Waals surface area contributed by atoms with Gasteiger partial charge in [-0.25, -0.2) is 0 Å². The summed E-state index contributed by atoms with van der Waals surface area (Å²) in [5, 5.41) is 2.87. The number of nitrogens with zero attached hydrogens (tertiary/aromatic N) is 2. The van der Waals surface area contributed by atoms with Crippen molar-refractivity contribution < 1.29 is 9.59 Å². The average molecular weight is 377 g/mol. The number of carbonyl (C=O) groups is 2. The first-order chi connectivity index (χ1) is 13.7. The van der Waals surface area contributed by atoms with Crippen LogP contribution in [0.3, 0.4) is 0 Å². The monoisotopic (exact) mass is 377 g/mol. The lowest BCUT2D eigenvalue weighted by Crippen LogP contribution is -2.46. The van der Waals surface area contributed by atoms with E-state index >= 15 is 0 Å². The van der Waals surface area contributed by atoms with Crippen LogP contribution in [-0.4, -0.2) is 54.2 Å². The van der Waals surface area contributed by atoms with Crippen LogP contribution in [-0.2, 0) is 17.8 Å². The fourth-order valence-electron chi connectivity index (χ4n) is 3.97. The van der Waals surface area contributed by atoms with Gasteiger partial charge >= 0.3 is 0 Å². The van der Waals surface area contributed by atoms with Crippen molar-refractivity contribution >= 4 is 17.4 Å². The number of nitrogens with one attached hydrogen (secondary N) is 1. The number of carbonyl (C=O) groups excluding carboxylic acids is 2. The zero-order chi connectivity index (χ0) is 19.3. The Morgan fingerprint density at radius 1 is 0.929 bits per heavy atom. The van der Waals surface area contributed by atoms with E-state index in [1.54, 1.807) is 0 Å². The number of anilines is 1. The van der Waals surface area contributed by atoms with Gasteiger partial charge in [0.05, 0.1) is 0 Å². The summed E-state index contributed by atoms with van der Waals surface area (Å²) >= 11 is 0. The molecule has 146 valence electrons. The third-order valence-corrected chi connectivity index (χ3v) is 5.69. The minimum absolute atomic E-state index is 0.0537. The number of piperazine rings is 1. The Labute approximate surface area is 166 Å². The molecule has 2 heterocycles. The molecule has 2 aromatic rings. The van der Waals surface area contributed by atoms with Crippen molar-refractivity contribution in [3.8, 4) is 0 Å². The van der Waals surface area contributed by atoms with Crippen LogP contribution in [0.25, 0.3) is 0 Å². The molecule has 0 unspecified atom stereocenters. The van der Waals surface area contributed by atoms with E-state index < -0.39 is 0 Å². The van der Waals surface area contributed by atoms with Gasteiger partial charge in [0.25, 0.3) is 0 Å². The van der Waals surface area contributed by atoms with E-state index in [1.807, 2.05) is 18.2 Å². The van der Waals surface area contributed by atoms with Crippen LogP contribution in [0, 0.1) is 0 Å². The Morgan fingerprint density at radius 2 is 1.68 bits per heavy atom. The molecule has 0 radical (unpaired) electrons. The van der Waals surface area contributed by atoms with Crippen LogP contribution in [0.4, 0.5) is 5.69 Å². The van der Waals surface area contributed by atoms with Crippen molar-refractivity contribution in [1.82, 2.24) is 9.80 Å². The highest BCUT2D eigenvalue weighted by Crippen LogP contribution is 2.24. The standard InChI is InChI=1S/C23H27N3O2/c27-22(20-6-8-21-19(16-20)7-9-23(28)24-21)10-11-25-12-14-26(15-13-25)17-18-4-2-1-3-5-18/h1-6,8,16H,7,9-15,17H2,(H,24,28). The van der Waals surface area contributed by atoms with E-state index in [-0.39, 0.29) is 11.7 Å². The number of benzene rings is 2. The number of hydrogen-bond acceptors (Lipinski definition) is 4. The first-order valence-corrected chi connectivity index (χ1v) is 10.1. The molecule has 1 amide bonds. The van der Waals surface area contributed by atoms with Crippen molar-refractivity contribution in [3.63, 3.8) is 0 Å². The molecule has 5 nitrogen and oxygen atoms in total. The van der Waals surface area contributed by atoms with Crippen molar-refractivity contribution in [2.45, 2.75) is 25.8 Å². The van der Waals surface area contributed by atoms with E-state index in [4.69, 9.17) is 0 Å². The zero-order valence-electron chi connectivity index (χ0n) is 16.2. The topological polar surface area (TPSA) is 52.7 Å². The highest BCUT2D eigenvalue weighted by molar-refractivity contribution is 5.99. The second-order valence-electron chi connectivity index (χ2n) is 7.70. The van der Waals surface area contributed by atoms with Crippen LogP contribution < -0.4 is 5.32 Å². The Morgan fingerprint density at radius 3 is 2.46 bits per heavy atom. The summed E-state index contributed by atoms with van der Waals surface area (Å²) in [4.78, 5) is 28.9. The second-order valence-corrected chi connectivity index (χ2v) is 7.70. The summed E-state index contributed by atoms with van der Waals surface area (Å²) in [6, 6.07) is 16.2. The number of fused-ring (bicyclic) bond motifs is 1. The van der Waals surface area contributed by atoms with Crippen LogP contribution >= 0.6 is 0 Å². The zero-order valence-corrected chi connectivity index (χ0v) is 16.2. The molecule has 5 heteroatoms. The smallest absolute Gasteiger partial charge is 0.224 e. The first kappa shape index (κ1) is 18.8. The maximum absolute atomic E-state index is 12.6. The van der Waals surface area contributed by atoms with Crippen molar-refractivity contribution in [1.29, 1.82) is 0 Å². The Balaban J connectivity index is 1.24. The summed E-state index contributed by atoms with van der Waals surface area (Å²) in [7, 11) is 0. The van der Waals surface area contributed by atoms with Gasteiger partial charge in [-0.1, -0.05) is 30.3 Å². The first-order valence-electron chi connectivity index (χ1n) is 10.1. The quantitative estimate of drug-likeness (QED) is 0.787. The van der Waals surface area contributed by atoms with Crippen molar-refractivity contribution in [2.24, 2.45) is 0 Å². The molecule has 0 aliphatic carbocycles. The lowest BCUT2D eigenvalue weighted by Gasteiger charge is -2.34. The molecule has 28 heavy (non-hydrogen) atoms. The SMILES string of the molecule is O=C1CCc2cc(C(=O)CCN3CCN(Cc4ccccc4)CC3)ccc2N1. The molecule has 0 spiro atoms. The van der Waals surface area contributed by atoms with E-state index in [2.05, 4.69) is 45.4 Å². The summed E-state index contributed by atoms with van der Waals surface area (Å²) in [6.07, 6.45) is 1.76. The summed E-state index contributed by atoms with van der Waals surface area (Å²) in [6.45, 7) is 5.92. The summed E-state index contributed by atoms with van der Waals surface area (Å²) in [5.74, 6) is 0.240. The molecule has 1 N–H and O–H groups in total. The van der Waals surface area contributed by atoms with Gasteiger partial charge in [0.2, 0.25) is 5.91 Å². The molecular weight excluding hydrogens is 350 g/mol. The molecule has 0 aromatic heterocycles. The number of ketones is 1. The van der Waals surface area contributed by atoms with E-state index in [9.17, 15) is 9.59 Å². The van der Waals surface area contributed by atoms with Crippen LogP contribution in [0.15, 0.2) is 48.5 Å². The summed E-state index contributed by atoms with van der Waals surface area (Å²) in [5.41, 5.74) is 4.04. The lowest BCUT2D eigenvalue weighted by atomic mass is 9.98. The molecule has 1 fully saturated rings. The fourth-order valence-corrected chi connectivity index (χ4v) is 3.97. The molecule has 2 aliphatic heterocycles. The number of Topliss-reactive ketones (excluding diaryl/α,β-unsaturated/α-hetero) is 1. The lowest BCUT2D eigenvalue weighted by molar-refractivity contribution is -0.116. The fraction of sp³-hybridized carbons (Fsp3) is 0.391. The Hall–Kier alpha value is -2.50. The summed E-state index contributed by atoms with van der Waals surface area (Å²) < 4.78 is 0. The second kappa shape index (κ2) is 8.67. The molecule has 2 aromatic carbocycles. The van der Waals surface area contributed by atoms with Gasteiger partial charge in [-0.2, -0.15) is 0 Å². The van der Waals surface area contributed by atoms with E-state index in [1.165, 1.54) is 5.56 Å². The van der Waals surface area contributed by atoms with Gasteiger partial charge < -0.3 is 10.2 Å². The largest absolute Gasteiger partial charge is 0.326 e. The Kier molecular flexibility index (Phi) is 5.84. The highest BCUT2D eigenvalue weighted by Gasteiger charge is 2.19. The van der Waals surface area contributed by atoms with Crippen molar-refractivity contribution in [3.05, 3.63) is 65.2 Å². The van der Waals surface area contributed by atoms with Crippen LogP contribution in [0.5, 0.6) is 0 Å². The highest BCUT2D eigenvalue weighted by atomic mass is 16.1. The number of hydrogen-bond donors (Lipinski definition) is 1. The van der Waals surface area contributed by atoms with Gasteiger partial charge in [0.15, 0.2) is 5.78 Å². The van der Waals surface area contributed by atoms with Crippen molar-refractivity contribution in [2.75, 3.05) is 38.0 Å². The molecule has 2 aliphatic rings. The van der Waals surface area contributed by atoms with Crippen LogP contribution in [0.2, 0.25) is 0 Å². The number of rotatable bonds is 6. The molecule has 0 saturated carbocycles. The number of amides is 1. The molecule has 1 saturated heterocycles. The maximum atomic E-state index is 12.6. The van der Waals surface area contributed by atoms with Gasteiger partial charge in [0.1, 0.15) is 0 Å². The molecular formula is C23H27N3O2. The van der Waals surface area contributed by atoms with E-state index in [0.29, 0.717) is 19.3 Å². The third kappa shape index (κ3) is 4.66. The van der Waals surface area contributed by atoms with Crippen LogP contribution in [0.1, 0.15) is 34.3 Å². The van der Waals surface area contributed by atoms with E-state index in [0.717, 1.165) is 56.1 Å². The van der Waals surface area contributed by atoms with Gasteiger partial charge in [-0.3, -0.25) is 14.5 Å². The molecule has 4 rings (SSSR count). The third-order valence-electron chi connectivity index (χ3n) is 5.69. The Bertz CT molecular complexity index is 842. The number of aryl methyl sites for hydroxylation is 1. The predicted octanol–water partition coefficient (Wildman–Crippen LogP) is 2.96. The van der Waals surface area contributed by atoms with Gasteiger partial charge in [-0.15, -0.1) is 0 Å². The molecule has 0 bridgehead atoms. The minimum atomic E-state index is 0.0537.